The molecular weight excluding hydrogens is 266 g/mol. The second-order valence-corrected chi connectivity index (χ2v) is 5.10. The van der Waals surface area contributed by atoms with Gasteiger partial charge in [-0.05, 0) is 20.1 Å². The van der Waals surface area contributed by atoms with Gasteiger partial charge in [0, 0.05) is 19.3 Å². The molecule has 0 aromatic carbocycles. The zero-order chi connectivity index (χ0) is 14.3. The summed E-state index contributed by atoms with van der Waals surface area (Å²) in [7, 11) is 1.72. The summed E-state index contributed by atoms with van der Waals surface area (Å²) in [6.45, 7) is 4.46. The molecule has 1 unspecified atom stereocenters. The quantitative estimate of drug-likeness (QED) is 0.648. The van der Waals surface area contributed by atoms with E-state index < -0.39 is 5.60 Å². The van der Waals surface area contributed by atoms with Crippen LogP contribution in [0, 0.1) is 0 Å². The van der Waals surface area contributed by atoms with Crippen molar-refractivity contribution in [1.82, 2.24) is 15.0 Å². The van der Waals surface area contributed by atoms with Crippen LogP contribution in [-0.4, -0.2) is 57.9 Å². The summed E-state index contributed by atoms with van der Waals surface area (Å²) in [6.07, 6.45) is 1.95. The molecule has 0 aliphatic rings. The predicted molar refractivity (Wildman–Crippen MR) is 78.0 cm³/mol. The smallest absolute Gasteiger partial charge is 0.323 e. The molecule has 108 valence electrons. The number of hydrogen-bond donors (Lipinski definition) is 3. The molecule has 1 atom stereocenters. The van der Waals surface area contributed by atoms with Gasteiger partial charge >= 0.3 is 6.01 Å². The Balaban J connectivity index is 2.74. The molecule has 0 amide bonds. The third-order valence-corrected chi connectivity index (χ3v) is 3.11. The van der Waals surface area contributed by atoms with Gasteiger partial charge in [-0.3, -0.25) is 0 Å². The van der Waals surface area contributed by atoms with Gasteiger partial charge in [-0.25, -0.2) is 0 Å². The molecule has 8 heteroatoms. The minimum atomic E-state index is -0.822. The summed E-state index contributed by atoms with van der Waals surface area (Å²) in [5, 5.41) is 15.9. The van der Waals surface area contributed by atoms with Crippen LogP contribution in [0.4, 0.5) is 11.9 Å². The van der Waals surface area contributed by atoms with Crippen molar-refractivity contribution in [3.8, 4) is 6.01 Å². The van der Waals surface area contributed by atoms with Gasteiger partial charge in [0.2, 0.25) is 11.9 Å². The van der Waals surface area contributed by atoms with E-state index in [1.165, 1.54) is 0 Å². The van der Waals surface area contributed by atoms with E-state index in [0.717, 1.165) is 0 Å². The van der Waals surface area contributed by atoms with E-state index in [1.807, 2.05) is 13.2 Å². The summed E-state index contributed by atoms with van der Waals surface area (Å²) in [5.41, 5.74) is -0.822. The third-order valence-electron chi connectivity index (χ3n) is 2.19. The number of rotatable bonds is 8. The summed E-state index contributed by atoms with van der Waals surface area (Å²) < 4.78 is 5.26. The highest BCUT2D eigenvalue weighted by molar-refractivity contribution is 7.98. The molecule has 1 aromatic heterocycles. The van der Waals surface area contributed by atoms with Gasteiger partial charge in [-0.2, -0.15) is 26.7 Å². The number of aliphatic hydroxyl groups is 1. The molecule has 0 radical (unpaired) electrons. The van der Waals surface area contributed by atoms with Crippen molar-refractivity contribution in [2.45, 2.75) is 19.4 Å². The van der Waals surface area contributed by atoms with Crippen LogP contribution >= 0.6 is 11.8 Å². The largest absolute Gasteiger partial charge is 0.464 e. The van der Waals surface area contributed by atoms with Crippen molar-refractivity contribution < 1.29 is 9.84 Å². The van der Waals surface area contributed by atoms with E-state index in [-0.39, 0.29) is 6.01 Å². The Bertz CT molecular complexity index is 403. The number of aromatic nitrogens is 3. The Hall–Kier alpha value is -1.28. The normalized spacial score (nSPS) is 13.7. The molecular formula is C11H21N5O2S. The number of ether oxygens (including phenoxy) is 1. The first-order valence-corrected chi connectivity index (χ1v) is 7.42. The van der Waals surface area contributed by atoms with Crippen molar-refractivity contribution in [2.24, 2.45) is 0 Å². The number of nitrogens with zero attached hydrogens (tertiary/aromatic N) is 3. The first-order chi connectivity index (χ1) is 9.00. The van der Waals surface area contributed by atoms with E-state index >= 15 is 0 Å². The third kappa shape index (κ3) is 5.48. The van der Waals surface area contributed by atoms with Crippen molar-refractivity contribution in [1.29, 1.82) is 0 Å². The van der Waals surface area contributed by atoms with Gasteiger partial charge in [0.05, 0.1) is 12.2 Å². The van der Waals surface area contributed by atoms with Crippen LogP contribution in [0.15, 0.2) is 0 Å². The lowest BCUT2D eigenvalue weighted by Crippen LogP contribution is -2.36. The van der Waals surface area contributed by atoms with Crippen molar-refractivity contribution >= 4 is 23.7 Å². The van der Waals surface area contributed by atoms with Crippen molar-refractivity contribution in [3.63, 3.8) is 0 Å². The van der Waals surface area contributed by atoms with Crippen molar-refractivity contribution in [2.75, 3.05) is 42.8 Å². The van der Waals surface area contributed by atoms with Crippen LogP contribution in [0.5, 0.6) is 6.01 Å². The maximum Gasteiger partial charge on any atom is 0.323 e. The highest BCUT2D eigenvalue weighted by Gasteiger charge is 2.20. The molecule has 1 aromatic rings. The molecule has 0 bridgehead atoms. The van der Waals surface area contributed by atoms with Crippen LogP contribution in [0.3, 0.4) is 0 Å². The molecule has 0 aliphatic carbocycles. The van der Waals surface area contributed by atoms with Crippen LogP contribution in [-0.2, 0) is 0 Å². The first kappa shape index (κ1) is 15.8. The van der Waals surface area contributed by atoms with Crippen LogP contribution < -0.4 is 15.4 Å². The van der Waals surface area contributed by atoms with Gasteiger partial charge in [0.15, 0.2) is 0 Å². The molecule has 3 N–H and O–H groups in total. The molecule has 0 saturated heterocycles. The molecule has 0 spiro atoms. The maximum absolute atomic E-state index is 10.1. The van der Waals surface area contributed by atoms with Gasteiger partial charge in [0.25, 0.3) is 0 Å². The van der Waals surface area contributed by atoms with Gasteiger partial charge in [-0.15, -0.1) is 0 Å². The Morgan fingerprint density at radius 1 is 1.32 bits per heavy atom. The van der Waals surface area contributed by atoms with E-state index in [0.29, 0.717) is 30.8 Å². The summed E-state index contributed by atoms with van der Waals surface area (Å²) in [4.78, 5) is 12.3. The molecule has 0 saturated carbocycles. The SMILES string of the molecule is CCOc1nc(NC)nc(NCC(C)(O)CSC)n1. The Kier molecular flexibility index (Phi) is 6.10. The monoisotopic (exact) mass is 287 g/mol. The van der Waals surface area contributed by atoms with E-state index in [4.69, 9.17) is 4.74 Å². The second kappa shape index (κ2) is 7.34. The minimum Gasteiger partial charge on any atom is -0.464 e. The number of thioether (sulfide) groups is 1. The number of nitrogens with one attached hydrogen (secondary N) is 2. The van der Waals surface area contributed by atoms with Crippen LogP contribution in [0.25, 0.3) is 0 Å². The summed E-state index contributed by atoms with van der Waals surface area (Å²) in [6, 6.07) is 0.258. The second-order valence-electron chi connectivity index (χ2n) is 4.23. The maximum atomic E-state index is 10.1. The van der Waals surface area contributed by atoms with Gasteiger partial charge < -0.3 is 20.5 Å². The first-order valence-electron chi connectivity index (χ1n) is 6.02. The molecule has 0 fully saturated rings. The summed E-state index contributed by atoms with van der Waals surface area (Å²) >= 11 is 1.58. The minimum absolute atomic E-state index is 0.258. The molecule has 1 heterocycles. The molecule has 1 rings (SSSR count). The molecule has 0 aliphatic heterocycles. The van der Waals surface area contributed by atoms with Crippen LogP contribution in [0.2, 0.25) is 0 Å². The predicted octanol–water partition coefficient (Wildman–Crippen LogP) is 0.838. The van der Waals surface area contributed by atoms with E-state index in [2.05, 4.69) is 25.6 Å². The average Bonchev–Trinajstić information content (AvgIpc) is 2.36. The highest BCUT2D eigenvalue weighted by Crippen LogP contribution is 2.14. The lowest BCUT2D eigenvalue weighted by atomic mass is 10.1. The van der Waals surface area contributed by atoms with E-state index in [9.17, 15) is 5.11 Å². The Labute approximate surface area is 117 Å². The summed E-state index contributed by atoms with van der Waals surface area (Å²) in [5.74, 6) is 1.43. The van der Waals surface area contributed by atoms with E-state index in [1.54, 1.807) is 25.7 Å². The Morgan fingerprint density at radius 3 is 2.58 bits per heavy atom. The fraction of sp³-hybridized carbons (Fsp3) is 0.727. The standard InChI is InChI=1S/C11H21N5O2S/c1-5-18-10-15-8(12-3)14-9(16-10)13-6-11(2,17)7-19-4/h17H,5-7H2,1-4H3,(H2,12,13,14,15,16). The lowest BCUT2D eigenvalue weighted by molar-refractivity contribution is 0.0995. The van der Waals surface area contributed by atoms with Gasteiger partial charge in [-0.1, -0.05) is 0 Å². The van der Waals surface area contributed by atoms with Crippen molar-refractivity contribution in [3.05, 3.63) is 0 Å². The molecule has 19 heavy (non-hydrogen) atoms. The fourth-order valence-electron chi connectivity index (χ4n) is 1.37. The highest BCUT2D eigenvalue weighted by atomic mass is 32.2. The number of hydrogen-bond acceptors (Lipinski definition) is 8. The Morgan fingerprint density at radius 2 is 2.00 bits per heavy atom. The lowest BCUT2D eigenvalue weighted by Gasteiger charge is -2.22. The molecule has 7 nitrogen and oxygen atoms in total. The average molecular weight is 287 g/mol. The van der Waals surface area contributed by atoms with Gasteiger partial charge in [0.1, 0.15) is 0 Å². The van der Waals surface area contributed by atoms with Crippen LogP contribution in [0.1, 0.15) is 13.8 Å². The fourth-order valence-corrected chi connectivity index (χ4v) is 2.10. The topological polar surface area (TPSA) is 92.2 Å². The zero-order valence-corrected chi connectivity index (χ0v) is 12.5. The number of anilines is 2. The zero-order valence-electron chi connectivity index (χ0n) is 11.7.